The molecule has 0 aliphatic carbocycles. The predicted molar refractivity (Wildman–Crippen MR) is 127 cm³/mol. The first-order valence-electron chi connectivity index (χ1n) is 10.9. The van der Waals surface area contributed by atoms with Crippen molar-refractivity contribution in [3.05, 3.63) is 77.7 Å². The highest BCUT2D eigenvalue weighted by Gasteiger charge is 2.24. The Labute approximate surface area is 195 Å². The molecule has 5 rings (SSSR count). The van der Waals surface area contributed by atoms with Crippen molar-refractivity contribution in [3.8, 4) is 17.1 Å². The molecule has 0 atom stereocenters. The van der Waals surface area contributed by atoms with Crippen LogP contribution in [0.5, 0.6) is 5.75 Å². The van der Waals surface area contributed by atoms with Crippen LogP contribution >= 0.6 is 0 Å². The fourth-order valence-electron chi connectivity index (χ4n) is 4.02. The van der Waals surface area contributed by atoms with E-state index < -0.39 is 5.97 Å². The van der Waals surface area contributed by atoms with Gasteiger partial charge in [0.05, 0.1) is 30.6 Å². The van der Waals surface area contributed by atoms with Crippen molar-refractivity contribution in [2.75, 3.05) is 13.7 Å². The van der Waals surface area contributed by atoms with Crippen molar-refractivity contribution in [1.82, 2.24) is 15.1 Å². The summed E-state index contributed by atoms with van der Waals surface area (Å²) in [6.07, 6.45) is 3.00. The Morgan fingerprint density at radius 2 is 1.91 bits per heavy atom. The van der Waals surface area contributed by atoms with E-state index in [1.54, 1.807) is 20.2 Å². The fraction of sp³-hybridized carbons (Fsp3) is 0.192. The molecule has 0 aliphatic rings. The van der Waals surface area contributed by atoms with Gasteiger partial charge in [0.15, 0.2) is 0 Å². The molecule has 0 aliphatic heterocycles. The fourth-order valence-corrected chi connectivity index (χ4v) is 4.02. The largest absolute Gasteiger partial charge is 0.489 e. The van der Waals surface area contributed by atoms with Crippen LogP contribution in [0.3, 0.4) is 0 Å². The summed E-state index contributed by atoms with van der Waals surface area (Å²) >= 11 is 0. The molecular formula is C26H23N3O5. The summed E-state index contributed by atoms with van der Waals surface area (Å²) in [5.41, 5.74) is 4.69. The summed E-state index contributed by atoms with van der Waals surface area (Å²) in [7, 11) is 1.61. The molecule has 1 N–H and O–H groups in total. The molecule has 0 bridgehead atoms. The van der Waals surface area contributed by atoms with Gasteiger partial charge in [-0.05, 0) is 30.7 Å². The van der Waals surface area contributed by atoms with E-state index in [0.717, 1.165) is 38.7 Å². The third-order valence-corrected chi connectivity index (χ3v) is 5.54. The van der Waals surface area contributed by atoms with Gasteiger partial charge < -0.3 is 23.7 Å². The van der Waals surface area contributed by atoms with Gasteiger partial charge >= 0.3 is 5.97 Å². The van der Waals surface area contributed by atoms with Crippen molar-refractivity contribution in [1.29, 1.82) is 0 Å². The molecule has 0 radical (unpaired) electrons. The van der Waals surface area contributed by atoms with Crippen LogP contribution in [0.15, 0.2) is 65.5 Å². The highest BCUT2D eigenvalue weighted by molar-refractivity contribution is 6.11. The maximum absolute atomic E-state index is 12.4. The highest BCUT2D eigenvalue weighted by Crippen LogP contribution is 2.36. The van der Waals surface area contributed by atoms with Crippen molar-refractivity contribution in [2.24, 2.45) is 0 Å². The van der Waals surface area contributed by atoms with E-state index in [-0.39, 0.29) is 18.8 Å². The molecule has 3 aromatic heterocycles. The number of hydrogen-bond acceptors (Lipinski definition) is 7. The lowest BCUT2D eigenvalue weighted by Gasteiger charge is -2.10. The number of aromatic nitrogens is 3. The van der Waals surface area contributed by atoms with Gasteiger partial charge in [0, 0.05) is 29.0 Å². The zero-order valence-electron chi connectivity index (χ0n) is 18.8. The summed E-state index contributed by atoms with van der Waals surface area (Å²) in [6, 6.07) is 15.9. The van der Waals surface area contributed by atoms with E-state index in [4.69, 9.17) is 18.7 Å². The van der Waals surface area contributed by atoms with Crippen molar-refractivity contribution in [3.63, 3.8) is 0 Å². The molecule has 34 heavy (non-hydrogen) atoms. The Kier molecular flexibility index (Phi) is 5.97. The van der Waals surface area contributed by atoms with Crippen molar-refractivity contribution >= 4 is 27.8 Å². The molecule has 172 valence electrons. The molecule has 8 nitrogen and oxygen atoms in total. The zero-order valence-corrected chi connectivity index (χ0v) is 18.8. The number of nitrogens with zero attached hydrogens (tertiary/aromatic N) is 2. The number of H-pyrrole nitrogens is 1. The Morgan fingerprint density at radius 1 is 1.06 bits per heavy atom. The number of methoxy groups -OCH3 is 1. The topological polar surface area (TPSA) is 99.5 Å². The number of hydrogen-bond donors (Lipinski definition) is 1. The Morgan fingerprint density at radius 3 is 2.71 bits per heavy atom. The molecule has 0 fully saturated rings. The maximum Gasteiger partial charge on any atom is 0.343 e. The molecule has 0 unspecified atom stereocenters. The monoisotopic (exact) mass is 457 g/mol. The van der Waals surface area contributed by atoms with Crippen LogP contribution in [0.1, 0.15) is 28.4 Å². The molecule has 0 spiro atoms. The van der Waals surface area contributed by atoms with Crippen molar-refractivity contribution < 1.29 is 23.5 Å². The van der Waals surface area contributed by atoms with Gasteiger partial charge in [0.2, 0.25) is 0 Å². The third kappa shape index (κ3) is 3.99. The number of carbonyl (C=O) groups is 1. The first-order valence-corrected chi connectivity index (χ1v) is 10.9. The Bertz CT molecular complexity index is 1460. The van der Waals surface area contributed by atoms with Gasteiger partial charge in [0.1, 0.15) is 29.9 Å². The van der Waals surface area contributed by atoms with Crippen LogP contribution in [0.25, 0.3) is 33.2 Å². The highest BCUT2D eigenvalue weighted by atomic mass is 16.5. The standard InChI is InChI=1S/C26H23N3O5/c1-3-32-26(30)20-15-34-29-25(20)24-19(14-31-2)23-18-11-17(33-13-16-7-5-4-6-8-16)9-10-21(18)28-22(23)12-27-24/h4-12,15,28H,3,13-14H2,1-2H3. The molecule has 2 aromatic carbocycles. The summed E-state index contributed by atoms with van der Waals surface area (Å²) < 4.78 is 21.8. The number of ether oxygens (including phenoxy) is 3. The van der Waals surface area contributed by atoms with Crippen LogP contribution in [-0.4, -0.2) is 34.8 Å². The molecule has 0 saturated heterocycles. The Hall–Kier alpha value is -4.17. The molecule has 0 saturated carbocycles. The average molecular weight is 457 g/mol. The van der Waals surface area contributed by atoms with E-state index in [9.17, 15) is 4.79 Å². The van der Waals surface area contributed by atoms with E-state index in [0.29, 0.717) is 18.0 Å². The lowest BCUT2D eigenvalue weighted by Crippen LogP contribution is -2.06. The zero-order chi connectivity index (χ0) is 23.5. The van der Waals surface area contributed by atoms with Crippen LogP contribution < -0.4 is 4.74 Å². The number of rotatable bonds is 8. The summed E-state index contributed by atoms with van der Waals surface area (Å²) in [4.78, 5) is 20.4. The number of aromatic amines is 1. The van der Waals surface area contributed by atoms with E-state index >= 15 is 0 Å². The number of carbonyl (C=O) groups excluding carboxylic acids is 1. The van der Waals surface area contributed by atoms with Gasteiger partial charge in [-0.3, -0.25) is 4.98 Å². The molecule has 5 aromatic rings. The van der Waals surface area contributed by atoms with Crippen LogP contribution in [0, 0.1) is 0 Å². The average Bonchev–Trinajstić information content (AvgIpc) is 3.49. The van der Waals surface area contributed by atoms with Crippen molar-refractivity contribution in [2.45, 2.75) is 20.1 Å². The molecule has 8 heteroatoms. The smallest absolute Gasteiger partial charge is 0.343 e. The van der Waals surface area contributed by atoms with Crippen LogP contribution in [-0.2, 0) is 22.7 Å². The van der Waals surface area contributed by atoms with Crippen LogP contribution in [0.4, 0.5) is 0 Å². The van der Waals surface area contributed by atoms with E-state index in [1.165, 1.54) is 6.26 Å². The summed E-state index contributed by atoms with van der Waals surface area (Å²) in [5, 5.41) is 5.93. The van der Waals surface area contributed by atoms with Gasteiger partial charge in [-0.25, -0.2) is 4.79 Å². The predicted octanol–water partition coefficient (Wildman–Crippen LogP) is 5.27. The second kappa shape index (κ2) is 9.36. The second-order valence-electron chi connectivity index (χ2n) is 7.71. The number of benzene rings is 2. The number of fused-ring (bicyclic) bond motifs is 3. The van der Waals surface area contributed by atoms with Gasteiger partial charge in [0.25, 0.3) is 0 Å². The van der Waals surface area contributed by atoms with Crippen LogP contribution in [0.2, 0.25) is 0 Å². The molecule has 0 amide bonds. The SMILES string of the molecule is CCOC(=O)c1conc1-c1ncc2[nH]c3ccc(OCc4ccccc4)cc3c2c1COC. The normalized spacial score (nSPS) is 11.2. The minimum absolute atomic E-state index is 0.220. The van der Waals surface area contributed by atoms with Gasteiger partial charge in [-0.2, -0.15) is 0 Å². The summed E-state index contributed by atoms with van der Waals surface area (Å²) in [5.74, 6) is 0.229. The Balaban J connectivity index is 1.61. The molecular weight excluding hydrogens is 434 g/mol. The van der Waals surface area contributed by atoms with Gasteiger partial charge in [-0.1, -0.05) is 35.5 Å². The second-order valence-corrected chi connectivity index (χ2v) is 7.71. The molecule has 3 heterocycles. The minimum atomic E-state index is -0.514. The minimum Gasteiger partial charge on any atom is -0.489 e. The first kappa shape index (κ1) is 21.7. The third-order valence-electron chi connectivity index (χ3n) is 5.54. The lowest BCUT2D eigenvalue weighted by molar-refractivity contribution is 0.0526. The van der Waals surface area contributed by atoms with E-state index in [2.05, 4.69) is 15.1 Å². The number of nitrogens with one attached hydrogen (secondary N) is 1. The first-order chi connectivity index (χ1) is 16.7. The number of pyridine rings is 1. The summed E-state index contributed by atoms with van der Waals surface area (Å²) in [6.45, 7) is 2.72. The lowest BCUT2D eigenvalue weighted by atomic mass is 10.0. The van der Waals surface area contributed by atoms with E-state index in [1.807, 2.05) is 48.5 Å². The quantitative estimate of drug-likeness (QED) is 0.317. The maximum atomic E-state index is 12.4. The number of esters is 1. The van der Waals surface area contributed by atoms with Gasteiger partial charge in [-0.15, -0.1) is 0 Å².